The number of urea groups is 1. The zero-order valence-electron chi connectivity index (χ0n) is 18.3. The van der Waals surface area contributed by atoms with Crippen molar-refractivity contribution in [1.29, 1.82) is 0 Å². The number of Topliss-reactive ketones (excluding diaryl/α,β-unsaturated/α-hetero) is 1. The van der Waals surface area contributed by atoms with Gasteiger partial charge in [0.25, 0.3) is 5.91 Å². The fraction of sp³-hybridized carbons (Fsp3) is 0.192. The Labute approximate surface area is 188 Å². The predicted octanol–water partition coefficient (Wildman–Crippen LogP) is 4.36. The largest absolute Gasteiger partial charge is 0.489 e. The van der Waals surface area contributed by atoms with Crippen molar-refractivity contribution in [3.63, 3.8) is 0 Å². The molecule has 1 fully saturated rings. The zero-order chi connectivity index (χ0) is 23.3. The van der Waals surface area contributed by atoms with E-state index in [9.17, 15) is 14.4 Å². The van der Waals surface area contributed by atoms with Gasteiger partial charge in [0, 0.05) is 18.2 Å². The van der Waals surface area contributed by atoms with Gasteiger partial charge in [-0.25, -0.2) is 4.79 Å². The van der Waals surface area contributed by atoms with Crippen molar-refractivity contribution >= 4 is 17.7 Å². The maximum absolute atomic E-state index is 13.4. The first kappa shape index (κ1) is 22.7. The van der Waals surface area contributed by atoms with E-state index in [-0.39, 0.29) is 18.9 Å². The first-order valence-electron chi connectivity index (χ1n) is 10.2. The molecule has 1 aliphatic rings. The quantitative estimate of drug-likeness (QED) is 0.257. The Morgan fingerprint density at radius 1 is 1.00 bits per heavy atom. The first-order valence-corrected chi connectivity index (χ1v) is 10.2. The van der Waals surface area contributed by atoms with Gasteiger partial charge in [-0.3, -0.25) is 14.5 Å². The minimum Gasteiger partial charge on any atom is -0.489 e. The molecule has 0 bridgehead atoms. The van der Waals surface area contributed by atoms with Crippen LogP contribution in [0.25, 0.3) is 0 Å². The summed E-state index contributed by atoms with van der Waals surface area (Å²) in [5, 5.41) is 0. The minimum atomic E-state index is -1.39. The van der Waals surface area contributed by atoms with E-state index < -0.39 is 17.5 Å². The molecule has 0 radical (unpaired) electrons. The van der Waals surface area contributed by atoms with Crippen LogP contribution >= 0.6 is 0 Å². The Balaban J connectivity index is 1.91. The summed E-state index contributed by atoms with van der Waals surface area (Å²) in [6.45, 7) is 9.18. The molecule has 0 aromatic heterocycles. The van der Waals surface area contributed by atoms with Gasteiger partial charge in [-0.1, -0.05) is 79.9 Å². The third-order valence-corrected chi connectivity index (χ3v) is 5.66. The average Bonchev–Trinajstić information content (AvgIpc) is 2.98. The van der Waals surface area contributed by atoms with Crippen LogP contribution in [0.3, 0.4) is 0 Å². The molecule has 164 valence electrons. The van der Waals surface area contributed by atoms with Gasteiger partial charge in [0.05, 0.1) is 6.54 Å². The second-order valence-electron chi connectivity index (χ2n) is 7.55. The van der Waals surface area contributed by atoms with Gasteiger partial charge in [-0.2, -0.15) is 0 Å². The Morgan fingerprint density at radius 3 is 2.16 bits per heavy atom. The highest BCUT2D eigenvalue weighted by molar-refractivity contribution is 6.12. The lowest BCUT2D eigenvalue weighted by Crippen LogP contribution is -2.47. The van der Waals surface area contributed by atoms with Crippen molar-refractivity contribution < 1.29 is 19.1 Å². The highest BCUT2D eigenvalue weighted by Gasteiger charge is 2.55. The SMILES string of the molecule is C=C/C(OCc1ccccc1)=C(\C=C)C1(C)C(=O)N(CC(=O)c2ccccc2)C(=O)N1C. The molecule has 3 amide bonds. The molecule has 0 N–H and O–H groups in total. The van der Waals surface area contributed by atoms with Crippen molar-refractivity contribution in [1.82, 2.24) is 9.80 Å². The monoisotopic (exact) mass is 430 g/mol. The van der Waals surface area contributed by atoms with E-state index in [2.05, 4.69) is 13.2 Å². The van der Waals surface area contributed by atoms with Crippen molar-refractivity contribution in [2.75, 3.05) is 13.6 Å². The third-order valence-electron chi connectivity index (χ3n) is 5.66. The molecule has 6 heteroatoms. The van der Waals surface area contributed by atoms with Crippen molar-refractivity contribution in [2.45, 2.75) is 19.1 Å². The van der Waals surface area contributed by atoms with Crippen molar-refractivity contribution in [3.05, 3.63) is 108 Å². The summed E-state index contributed by atoms with van der Waals surface area (Å²) in [7, 11) is 1.52. The lowest BCUT2D eigenvalue weighted by atomic mass is 9.89. The van der Waals surface area contributed by atoms with Gasteiger partial charge in [0.1, 0.15) is 17.9 Å². The highest BCUT2D eigenvalue weighted by atomic mass is 16.5. The third kappa shape index (κ3) is 4.12. The molecule has 1 saturated heterocycles. The number of nitrogens with zero attached hydrogens (tertiary/aromatic N) is 2. The number of carbonyl (C=O) groups excluding carboxylic acids is 3. The summed E-state index contributed by atoms with van der Waals surface area (Å²) >= 11 is 0. The number of ketones is 1. The van der Waals surface area contributed by atoms with E-state index in [1.54, 1.807) is 37.3 Å². The molecular formula is C26H26N2O4. The number of benzene rings is 2. The number of hydrogen-bond acceptors (Lipinski definition) is 4. The van der Waals surface area contributed by atoms with Gasteiger partial charge < -0.3 is 9.64 Å². The number of ether oxygens (including phenoxy) is 1. The fourth-order valence-corrected chi connectivity index (χ4v) is 3.68. The smallest absolute Gasteiger partial charge is 0.328 e. The van der Waals surface area contributed by atoms with Gasteiger partial charge in [0.2, 0.25) is 0 Å². The molecular weight excluding hydrogens is 404 g/mol. The summed E-state index contributed by atoms with van der Waals surface area (Å²) in [6.07, 6.45) is 2.99. The maximum Gasteiger partial charge on any atom is 0.328 e. The molecule has 1 aliphatic heterocycles. The van der Waals surface area contributed by atoms with Crippen LogP contribution in [0.1, 0.15) is 22.8 Å². The molecule has 1 heterocycles. The van der Waals surface area contributed by atoms with E-state index in [0.717, 1.165) is 10.5 Å². The molecule has 3 rings (SSSR count). The second kappa shape index (κ2) is 9.47. The predicted molar refractivity (Wildman–Crippen MR) is 123 cm³/mol. The second-order valence-corrected chi connectivity index (χ2v) is 7.55. The number of hydrogen-bond donors (Lipinski definition) is 0. The Hall–Kier alpha value is -3.93. The first-order chi connectivity index (χ1) is 15.3. The van der Waals surface area contributed by atoms with Crippen LogP contribution in [0.2, 0.25) is 0 Å². The Morgan fingerprint density at radius 2 is 1.59 bits per heavy atom. The molecule has 6 nitrogen and oxygen atoms in total. The number of carbonyl (C=O) groups is 3. The van der Waals surface area contributed by atoms with Crippen LogP contribution in [-0.2, 0) is 16.1 Å². The van der Waals surface area contributed by atoms with Crippen molar-refractivity contribution in [3.8, 4) is 0 Å². The lowest BCUT2D eigenvalue weighted by Gasteiger charge is -2.31. The van der Waals surface area contributed by atoms with Gasteiger partial charge in [-0.05, 0) is 18.6 Å². The summed E-state index contributed by atoms with van der Waals surface area (Å²) < 4.78 is 5.94. The van der Waals surface area contributed by atoms with E-state index in [0.29, 0.717) is 16.9 Å². The molecule has 32 heavy (non-hydrogen) atoms. The van der Waals surface area contributed by atoms with Crippen molar-refractivity contribution in [2.24, 2.45) is 0 Å². The van der Waals surface area contributed by atoms with Crippen LogP contribution in [0.5, 0.6) is 0 Å². The summed E-state index contributed by atoms with van der Waals surface area (Å²) in [4.78, 5) is 41.3. The van der Waals surface area contributed by atoms with E-state index in [1.807, 2.05) is 30.3 Å². The van der Waals surface area contributed by atoms with Crippen LogP contribution < -0.4 is 0 Å². The van der Waals surface area contributed by atoms with E-state index >= 15 is 0 Å². The van der Waals surface area contributed by atoms with Gasteiger partial charge in [0.15, 0.2) is 5.78 Å². The summed E-state index contributed by atoms with van der Waals surface area (Å²) in [5.74, 6) is -0.499. The van der Waals surface area contributed by atoms with Gasteiger partial charge >= 0.3 is 6.03 Å². The van der Waals surface area contributed by atoms with Gasteiger partial charge in [-0.15, -0.1) is 0 Å². The molecule has 1 unspecified atom stereocenters. The zero-order valence-corrected chi connectivity index (χ0v) is 18.3. The lowest BCUT2D eigenvalue weighted by molar-refractivity contribution is -0.130. The Kier molecular flexibility index (Phi) is 6.73. The topological polar surface area (TPSA) is 66.9 Å². The highest BCUT2D eigenvalue weighted by Crippen LogP contribution is 2.36. The molecule has 2 aromatic rings. The summed E-state index contributed by atoms with van der Waals surface area (Å²) in [6, 6.07) is 17.6. The average molecular weight is 431 g/mol. The molecule has 0 aliphatic carbocycles. The number of imide groups is 1. The number of amides is 3. The van der Waals surface area contributed by atoms with Crippen LogP contribution in [0.4, 0.5) is 4.79 Å². The van der Waals surface area contributed by atoms with E-state index in [4.69, 9.17) is 4.74 Å². The maximum atomic E-state index is 13.4. The molecule has 2 aromatic carbocycles. The van der Waals surface area contributed by atoms with Crippen LogP contribution in [0.15, 0.2) is 97.3 Å². The summed E-state index contributed by atoms with van der Waals surface area (Å²) in [5.41, 5.74) is 0.383. The number of rotatable bonds is 9. The van der Waals surface area contributed by atoms with Crippen LogP contribution in [-0.4, -0.2) is 46.7 Å². The number of likely N-dealkylation sites (N-methyl/N-ethyl adjacent to an activating group) is 1. The normalized spacial score (nSPS) is 18.9. The molecule has 0 spiro atoms. The standard InChI is InChI=1S/C26H26N2O4/c1-5-21(23(6-2)32-18-19-13-9-7-10-14-19)26(3)24(30)28(25(31)27(26)4)17-22(29)20-15-11-8-12-16-20/h5-16H,1-2,17-18H2,3-4H3/b23-21-. The fourth-order valence-electron chi connectivity index (χ4n) is 3.68. The number of allylic oxidation sites excluding steroid dienone is 1. The molecule has 0 saturated carbocycles. The minimum absolute atomic E-state index is 0.262. The van der Waals surface area contributed by atoms with Crippen LogP contribution in [0, 0.1) is 0 Å². The molecule has 1 atom stereocenters. The van der Waals surface area contributed by atoms with E-state index in [1.165, 1.54) is 24.1 Å². The Bertz CT molecular complexity index is 1080.